The van der Waals surface area contributed by atoms with Crippen molar-refractivity contribution in [3.8, 4) is 0 Å². The van der Waals surface area contributed by atoms with Crippen LogP contribution in [-0.2, 0) is 14.4 Å². The van der Waals surface area contributed by atoms with Crippen LogP contribution in [0.1, 0.15) is 40.0 Å². The van der Waals surface area contributed by atoms with E-state index in [1.807, 2.05) is 6.92 Å². The number of hydrogen-bond donors (Lipinski definition) is 0. The zero-order valence-electron chi connectivity index (χ0n) is 8.42. The van der Waals surface area contributed by atoms with Gasteiger partial charge < -0.3 is 4.79 Å². The first-order chi connectivity index (χ1) is 6.01. The lowest BCUT2D eigenvalue weighted by Crippen LogP contribution is -2.38. The van der Waals surface area contributed by atoms with E-state index >= 15 is 0 Å². The van der Waals surface area contributed by atoms with Crippen molar-refractivity contribution < 1.29 is 14.4 Å². The molecule has 74 valence electrons. The van der Waals surface area contributed by atoms with Crippen LogP contribution in [-0.4, -0.2) is 17.9 Å². The molecular weight excluding hydrogens is 168 g/mol. The van der Waals surface area contributed by atoms with Gasteiger partial charge in [-0.1, -0.05) is 19.8 Å². The van der Waals surface area contributed by atoms with Crippen LogP contribution in [0.3, 0.4) is 0 Å². The predicted octanol–water partition coefficient (Wildman–Crippen LogP) is 1.54. The molecule has 13 heavy (non-hydrogen) atoms. The zero-order valence-corrected chi connectivity index (χ0v) is 8.42. The number of unbranched alkanes of at least 4 members (excludes halogenated alkanes) is 1. The van der Waals surface area contributed by atoms with Gasteiger partial charge in [0.2, 0.25) is 0 Å². The summed E-state index contributed by atoms with van der Waals surface area (Å²) in [5.74, 6) is -0.688. The van der Waals surface area contributed by atoms with E-state index in [9.17, 15) is 14.4 Å². The molecule has 0 rings (SSSR count). The molecule has 3 nitrogen and oxygen atoms in total. The molecule has 0 saturated heterocycles. The topological polar surface area (TPSA) is 51.2 Å². The fraction of sp³-hybridized carbons (Fsp3) is 0.700. The smallest absolute Gasteiger partial charge is 0.150 e. The minimum atomic E-state index is -1.37. The highest BCUT2D eigenvalue weighted by molar-refractivity contribution is 6.17. The molecule has 0 aliphatic heterocycles. The summed E-state index contributed by atoms with van der Waals surface area (Å²) in [6.45, 7) is 4.55. The van der Waals surface area contributed by atoms with Crippen molar-refractivity contribution in [3.05, 3.63) is 0 Å². The number of ketones is 2. The molecule has 0 fully saturated rings. The highest BCUT2D eigenvalue weighted by Gasteiger charge is 2.39. The second-order valence-electron chi connectivity index (χ2n) is 3.31. The average Bonchev–Trinajstić information content (AvgIpc) is 2.05. The van der Waals surface area contributed by atoms with E-state index in [0.717, 1.165) is 12.8 Å². The van der Waals surface area contributed by atoms with Crippen molar-refractivity contribution in [2.24, 2.45) is 5.41 Å². The third-order valence-corrected chi connectivity index (χ3v) is 2.38. The standard InChI is InChI=1S/C10H16O3/c1-4-5-6-10(7-11,8(2)12)9(3)13/h7H,4-6H2,1-3H3. The fourth-order valence-electron chi connectivity index (χ4n) is 1.28. The maximum atomic E-state index is 11.2. The van der Waals surface area contributed by atoms with Gasteiger partial charge in [-0.05, 0) is 20.3 Å². The Balaban J connectivity index is 4.76. The number of Topliss-reactive ketones (excluding diaryl/α,β-unsaturated/α-hetero) is 2. The molecule has 3 heteroatoms. The van der Waals surface area contributed by atoms with Crippen molar-refractivity contribution in [3.63, 3.8) is 0 Å². The average molecular weight is 184 g/mol. The van der Waals surface area contributed by atoms with Crippen molar-refractivity contribution in [1.29, 1.82) is 0 Å². The SMILES string of the molecule is CCCCC(C=O)(C(C)=O)C(C)=O. The number of carbonyl (C=O) groups excluding carboxylic acids is 3. The van der Waals surface area contributed by atoms with Gasteiger partial charge in [-0.2, -0.15) is 0 Å². The second-order valence-corrected chi connectivity index (χ2v) is 3.31. The summed E-state index contributed by atoms with van der Waals surface area (Å²) in [7, 11) is 0. The quantitative estimate of drug-likeness (QED) is 0.464. The largest absolute Gasteiger partial charge is 0.302 e. The highest BCUT2D eigenvalue weighted by atomic mass is 16.2. The van der Waals surface area contributed by atoms with Crippen LogP contribution in [0.2, 0.25) is 0 Å². The monoisotopic (exact) mass is 184 g/mol. The molecule has 0 spiro atoms. The fourth-order valence-corrected chi connectivity index (χ4v) is 1.28. The summed E-state index contributed by atoms with van der Waals surface area (Å²) in [6.07, 6.45) is 2.43. The molecule has 0 aliphatic rings. The summed E-state index contributed by atoms with van der Waals surface area (Å²) >= 11 is 0. The number of hydrogen-bond acceptors (Lipinski definition) is 3. The van der Waals surface area contributed by atoms with Crippen LogP contribution in [0, 0.1) is 5.41 Å². The van der Waals surface area contributed by atoms with Gasteiger partial charge in [-0.25, -0.2) is 0 Å². The molecule has 0 aromatic carbocycles. The maximum absolute atomic E-state index is 11.2. The van der Waals surface area contributed by atoms with Gasteiger partial charge in [-0.3, -0.25) is 9.59 Å². The van der Waals surface area contributed by atoms with Gasteiger partial charge in [0, 0.05) is 0 Å². The molecule has 0 saturated carbocycles. The third-order valence-electron chi connectivity index (χ3n) is 2.38. The minimum Gasteiger partial charge on any atom is -0.302 e. The number of rotatable bonds is 6. The summed E-state index contributed by atoms with van der Waals surface area (Å²) < 4.78 is 0. The summed E-state index contributed by atoms with van der Waals surface area (Å²) in [5.41, 5.74) is -1.37. The molecule has 0 unspecified atom stereocenters. The van der Waals surface area contributed by atoms with Crippen LogP contribution >= 0.6 is 0 Å². The van der Waals surface area contributed by atoms with Crippen LogP contribution in [0.5, 0.6) is 0 Å². The zero-order chi connectivity index (χ0) is 10.5. The first-order valence-corrected chi connectivity index (χ1v) is 4.49. The van der Waals surface area contributed by atoms with Gasteiger partial charge >= 0.3 is 0 Å². The lowest BCUT2D eigenvalue weighted by Gasteiger charge is -2.21. The minimum absolute atomic E-state index is 0.344. The summed E-state index contributed by atoms with van der Waals surface area (Å²) in [6, 6.07) is 0. The summed E-state index contributed by atoms with van der Waals surface area (Å²) in [4.78, 5) is 33.2. The Hall–Kier alpha value is -0.990. The molecule has 0 heterocycles. The van der Waals surface area contributed by atoms with Gasteiger partial charge in [0.1, 0.15) is 11.7 Å². The van der Waals surface area contributed by atoms with Crippen LogP contribution in [0.25, 0.3) is 0 Å². The Kier molecular flexibility index (Phi) is 4.52. The van der Waals surface area contributed by atoms with E-state index in [1.54, 1.807) is 0 Å². The molecule has 0 N–H and O–H groups in total. The Labute approximate surface area is 78.5 Å². The molecule has 0 radical (unpaired) electrons. The first-order valence-electron chi connectivity index (χ1n) is 4.49. The third kappa shape index (κ3) is 2.47. The summed E-state index contributed by atoms with van der Waals surface area (Å²) in [5, 5.41) is 0. The van der Waals surface area contributed by atoms with E-state index in [4.69, 9.17) is 0 Å². The van der Waals surface area contributed by atoms with Crippen LogP contribution in [0.15, 0.2) is 0 Å². The van der Waals surface area contributed by atoms with Gasteiger partial charge in [-0.15, -0.1) is 0 Å². The van der Waals surface area contributed by atoms with E-state index in [-0.39, 0.29) is 11.6 Å². The van der Waals surface area contributed by atoms with Crippen molar-refractivity contribution >= 4 is 17.9 Å². The Morgan fingerprint density at radius 1 is 1.23 bits per heavy atom. The predicted molar refractivity (Wildman–Crippen MR) is 49.4 cm³/mol. The number of carbonyl (C=O) groups is 3. The molecule has 0 amide bonds. The Morgan fingerprint density at radius 2 is 1.69 bits per heavy atom. The van der Waals surface area contributed by atoms with Gasteiger partial charge in [0.05, 0.1) is 0 Å². The molecule has 0 aromatic rings. The van der Waals surface area contributed by atoms with Crippen molar-refractivity contribution in [2.45, 2.75) is 40.0 Å². The van der Waals surface area contributed by atoms with E-state index < -0.39 is 5.41 Å². The van der Waals surface area contributed by atoms with Crippen molar-refractivity contribution in [1.82, 2.24) is 0 Å². The van der Waals surface area contributed by atoms with Gasteiger partial charge in [0.15, 0.2) is 11.6 Å². The second kappa shape index (κ2) is 4.90. The van der Waals surface area contributed by atoms with Gasteiger partial charge in [0.25, 0.3) is 0 Å². The number of aldehydes is 1. The lowest BCUT2D eigenvalue weighted by atomic mass is 9.77. The Bertz CT molecular complexity index is 204. The Morgan fingerprint density at radius 3 is 1.92 bits per heavy atom. The lowest BCUT2D eigenvalue weighted by molar-refractivity contribution is -0.142. The first kappa shape index (κ1) is 12.0. The maximum Gasteiger partial charge on any atom is 0.150 e. The van der Waals surface area contributed by atoms with Crippen molar-refractivity contribution in [2.75, 3.05) is 0 Å². The highest BCUT2D eigenvalue weighted by Crippen LogP contribution is 2.24. The molecule has 0 aromatic heterocycles. The normalized spacial score (nSPS) is 11.0. The molecular formula is C10H16O3. The molecule has 0 aliphatic carbocycles. The molecule has 0 atom stereocenters. The van der Waals surface area contributed by atoms with E-state index in [1.165, 1.54) is 13.8 Å². The van der Waals surface area contributed by atoms with Crippen LogP contribution in [0.4, 0.5) is 0 Å². The van der Waals surface area contributed by atoms with E-state index in [0.29, 0.717) is 12.7 Å². The van der Waals surface area contributed by atoms with Crippen LogP contribution < -0.4 is 0 Å². The molecule has 0 bridgehead atoms. The van der Waals surface area contributed by atoms with E-state index in [2.05, 4.69) is 0 Å².